The average Bonchev–Trinajstić information content (AvgIpc) is 2.59. The molecule has 0 aromatic heterocycles. The molecule has 4 heteroatoms. The maximum absolute atomic E-state index is 12.3. The smallest absolute Gasteiger partial charge is 0.335 e. The van der Waals surface area contributed by atoms with E-state index in [0.29, 0.717) is 5.75 Å². The van der Waals surface area contributed by atoms with Crippen LogP contribution >= 0.6 is 0 Å². The molecule has 0 heterocycles. The van der Waals surface area contributed by atoms with Crippen molar-refractivity contribution in [3.05, 3.63) is 64.7 Å². The van der Waals surface area contributed by atoms with Crippen molar-refractivity contribution in [1.82, 2.24) is 0 Å². The van der Waals surface area contributed by atoms with Crippen LogP contribution in [-0.2, 0) is 22.0 Å². The number of hydrogen-bond donors (Lipinski definition) is 1. The van der Waals surface area contributed by atoms with Gasteiger partial charge in [0.15, 0.2) is 0 Å². The lowest BCUT2D eigenvalue weighted by atomic mass is 9.63. The van der Waals surface area contributed by atoms with Crippen LogP contribution in [0.3, 0.4) is 0 Å². The first-order valence-electron chi connectivity index (χ1n) is 9.26. The Labute approximate surface area is 160 Å². The zero-order valence-corrected chi connectivity index (χ0v) is 16.3. The van der Waals surface area contributed by atoms with Crippen molar-refractivity contribution in [2.24, 2.45) is 0 Å². The second kappa shape index (κ2) is 6.84. The molecule has 142 valence electrons. The topological polar surface area (TPSA) is 63.6 Å². The molecule has 0 aliphatic heterocycles. The number of aromatic carboxylic acids is 1. The zero-order valence-electron chi connectivity index (χ0n) is 16.3. The molecule has 3 rings (SSSR count). The average molecular weight is 366 g/mol. The molecular weight excluding hydrogens is 340 g/mol. The van der Waals surface area contributed by atoms with Crippen LogP contribution in [0.25, 0.3) is 0 Å². The van der Waals surface area contributed by atoms with E-state index < -0.39 is 5.97 Å². The van der Waals surface area contributed by atoms with E-state index in [1.807, 2.05) is 12.1 Å². The van der Waals surface area contributed by atoms with Gasteiger partial charge in [0.2, 0.25) is 0 Å². The summed E-state index contributed by atoms with van der Waals surface area (Å²) in [5.41, 5.74) is 3.67. The van der Waals surface area contributed by atoms with Gasteiger partial charge in [0.25, 0.3) is 0 Å². The molecule has 0 saturated heterocycles. The molecule has 0 spiro atoms. The first kappa shape index (κ1) is 19.2. The first-order chi connectivity index (χ1) is 12.6. The Balaban J connectivity index is 1.76. The van der Waals surface area contributed by atoms with Gasteiger partial charge in [-0.1, -0.05) is 45.9 Å². The summed E-state index contributed by atoms with van der Waals surface area (Å²) in [4.78, 5) is 23.2. The Morgan fingerprint density at radius 2 is 1.52 bits per heavy atom. The van der Waals surface area contributed by atoms with Crippen molar-refractivity contribution < 1.29 is 19.4 Å². The molecule has 2 aromatic rings. The number of esters is 1. The molecule has 0 saturated carbocycles. The van der Waals surface area contributed by atoms with Gasteiger partial charge in [-0.3, -0.25) is 4.79 Å². The molecule has 0 fully saturated rings. The van der Waals surface area contributed by atoms with Gasteiger partial charge in [-0.2, -0.15) is 0 Å². The summed E-state index contributed by atoms with van der Waals surface area (Å²) in [6, 6.07) is 12.2. The molecule has 0 unspecified atom stereocenters. The van der Waals surface area contributed by atoms with Crippen LogP contribution in [0.15, 0.2) is 42.5 Å². The minimum atomic E-state index is -0.983. The van der Waals surface area contributed by atoms with Gasteiger partial charge < -0.3 is 9.84 Å². The number of benzene rings is 2. The minimum Gasteiger partial charge on any atom is -0.478 e. The van der Waals surface area contributed by atoms with E-state index in [-0.39, 0.29) is 28.8 Å². The van der Waals surface area contributed by atoms with Gasteiger partial charge in [0.05, 0.1) is 12.0 Å². The van der Waals surface area contributed by atoms with Crippen LogP contribution in [0.1, 0.15) is 67.6 Å². The van der Waals surface area contributed by atoms with Gasteiger partial charge in [0.1, 0.15) is 5.75 Å². The predicted molar refractivity (Wildman–Crippen MR) is 104 cm³/mol. The van der Waals surface area contributed by atoms with Crippen LogP contribution in [0.2, 0.25) is 0 Å². The molecule has 0 radical (unpaired) electrons. The number of rotatable bonds is 4. The summed E-state index contributed by atoms with van der Waals surface area (Å²) in [5, 5.41) is 8.94. The summed E-state index contributed by atoms with van der Waals surface area (Å²) < 4.78 is 5.57. The van der Waals surface area contributed by atoms with Gasteiger partial charge in [-0.25, -0.2) is 4.79 Å². The third-order valence-electron chi connectivity index (χ3n) is 5.61. The predicted octanol–water partition coefficient (Wildman–Crippen LogP) is 4.88. The fourth-order valence-corrected chi connectivity index (χ4v) is 3.73. The van der Waals surface area contributed by atoms with Crippen LogP contribution in [0.5, 0.6) is 5.75 Å². The number of carboxylic acid groups (broad SMARTS) is 1. The Morgan fingerprint density at radius 3 is 2.11 bits per heavy atom. The number of ether oxygens (including phenoxy) is 1. The summed E-state index contributed by atoms with van der Waals surface area (Å²) in [6.07, 6.45) is 2.34. The number of carbonyl (C=O) groups is 2. The number of hydrogen-bond acceptors (Lipinski definition) is 3. The van der Waals surface area contributed by atoms with Crippen molar-refractivity contribution in [3.63, 3.8) is 0 Å². The highest BCUT2D eigenvalue weighted by molar-refractivity contribution is 5.87. The second-order valence-electron chi connectivity index (χ2n) is 8.63. The van der Waals surface area contributed by atoms with E-state index in [4.69, 9.17) is 9.84 Å². The Kier molecular flexibility index (Phi) is 4.85. The number of carbonyl (C=O) groups excluding carboxylic acids is 1. The SMILES string of the molecule is CC1(C)CCC(C)(C)c2cc(OC(=O)Cc3ccc(C(=O)O)cc3)ccc21. The Bertz CT molecular complexity index is 876. The molecule has 27 heavy (non-hydrogen) atoms. The maximum atomic E-state index is 12.3. The quantitative estimate of drug-likeness (QED) is 0.619. The first-order valence-corrected chi connectivity index (χ1v) is 9.26. The van der Waals surface area contributed by atoms with Crippen LogP contribution in [0, 0.1) is 0 Å². The molecule has 4 nitrogen and oxygen atoms in total. The molecule has 0 atom stereocenters. The zero-order chi connectivity index (χ0) is 19.8. The van der Waals surface area contributed by atoms with Crippen molar-refractivity contribution in [3.8, 4) is 5.75 Å². The van der Waals surface area contributed by atoms with Gasteiger partial charge in [-0.15, -0.1) is 0 Å². The molecule has 1 N–H and O–H groups in total. The highest BCUT2D eigenvalue weighted by Gasteiger charge is 2.37. The number of fused-ring (bicyclic) bond motifs is 1. The lowest BCUT2D eigenvalue weighted by Crippen LogP contribution is -2.33. The molecular formula is C23H26O4. The normalized spacial score (nSPS) is 17.0. The van der Waals surface area contributed by atoms with Crippen molar-refractivity contribution in [2.75, 3.05) is 0 Å². The molecule has 0 amide bonds. The lowest BCUT2D eigenvalue weighted by Gasteiger charge is -2.41. The fraction of sp³-hybridized carbons (Fsp3) is 0.391. The van der Waals surface area contributed by atoms with Crippen LogP contribution in [0.4, 0.5) is 0 Å². The highest BCUT2D eigenvalue weighted by atomic mass is 16.5. The van der Waals surface area contributed by atoms with Crippen LogP contribution < -0.4 is 4.74 Å². The van der Waals surface area contributed by atoms with E-state index >= 15 is 0 Å². The van der Waals surface area contributed by atoms with Crippen molar-refractivity contribution in [2.45, 2.75) is 57.8 Å². The van der Waals surface area contributed by atoms with E-state index in [0.717, 1.165) is 18.4 Å². The summed E-state index contributed by atoms with van der Waals surface area (Å²) in [6.45, 7) is 8.98. The third-order valence-corrected chi connectivity index (χ3v) is 5.61. The third kappa shape index (κ3) is 4.05. The summed E-state index contributed by atoms with van der Waals surface area (Å²) >= 11 is 0. The maximum Gasteiger partial charge on any atom is 0.335 e. The van der Waals surface area contributed by atoms with Gasteiger partial charge in [0, 0.05) is 0 Å². The van der Waals surface area contributed by atoms with Gasteiger partial charge >= 0.3 is 11.9 Å². The molecule has 2 aromatic carbocycles. The van der Waals surface area contributed by atoms with E-state index in [2.05, 4.69) is 33.8 Å². The Morgan fingerprint density at radius 1 is 0.926 bits per heavy atom. The van der Waals surface area contributed by atoms with E-state index in [1.165, 1.54) is 23.3 Å². The molecule has 1 aliphatic rings. The summed E-state index contributed by atoms with van der Waals surface area (Å²) in [7, 11) is 0. The molecule has 1 aliphatic carbocycles. The van der Waals surface area contributed by atoms with E-state index in [1.54, 1.807) is 12.1 Å². The molecule has 0 bridgehead atoms. The van der Waals surface area contributed by atoms with Crippen LogP contribution in [-0.4, -0.2) is 17.0 Å². The van der Waals surface area contributed by atoms with Crippen molar-refractivity contribution >= 4 is 11.9 Å². The van der Waals surface area contributed by atoms with Gasteiger partial charge in [-0.05, 0) is 64.6 Å². The highest BCUT2D eigenvalue weighted by Crippen LogP contribution is 2.46. The number of carboxylic acids is 1. The lowest BCUT2D eigenvalue weighted by molar-refractivity contribution is -0.133. The second-order valence-corrected chi connectivity index (χ2v) is 8.63. The van der Waals surface area contributed by atoms with Crippen molar-refractivity contribution in [1.29, 1.82) is 0 Å². The summed E-state index contributed by atoms with van der Waals surface area (Å²) in [5.74, 6) is -0.777. The fourth-order valence-electron chi connectivity index (χ4n) is 3.73. The standard InChI is InChI=1S/C23H26O4/c1-22(2)11-12-23(3,4)19-14-17(9-10-18(19)22)27-20(24)13-15-5-7-16(8-6-15)21(25)26/h5-10,14H,11-13H2,1-4H3,(H,25,26). The Hall–Kier alpha value is -2.62. The monoisotopic (exact) mass is 366 g/mol. The van der Waals surface area contributed by atoms with E-state index in [9.17, 15) is 9.59 Å². The largest absolute Gasteiger partial charge is 0.478 e. The minimum absolute atomic E-state index is 0.0555.